The van der Waals surface area contributed by atoms with E-state index in [0.29, 0.717) is 63.7 Å². The van der Waals surface area contributed by atoms with Gasteiger partial charge >= 0.3 is 11.9 Å². The minimum Gasteiger partial charge on any atom is -0.465 e. The Morgan fingerprint density at radius 2 is 1.30 bits per heavy atom. The van der Waals surface area contributed by atoms with Crippen LogP contribution in [0.2, 0.25) is 0 Å². The molecule has 0 fully saturated rings. The third kappa shape index (κ3) is 8.46. The number of carbonyl (C=O) groups is 2. The van der Waals surface area contributed by atoms with Gasteiger partial charge in [-0.2, -0.15) is 0 Å². The smallest absolute Gasteiger partial charge is 0.305 e. The van der Waals surface area contributed by atoms with E-state index in [2.05, 4.69) is 0 Å². The maximum atomic E-state index is 13.2. The molecule has 0 saturated heterocycles. The highest BCUT2D eigenvalue weighted by molar-refractivity contribution is 5.69. The van der Waals surface area contributed by atoms with Gasteiger partial charge < -0.3 is 23.4 Å². The van der Waals surface area contributed by atoms with Crippen LogP contribution in [0.3, 0.4) is 0 Å². The van der Waals surface area contributed by atoms with Crippen LogP contribution < -0.4 is 10.9 Å². The van der Waals surface area contributed by atoms with Crippen LogP contribution in [0.25, 0.3) is 0 Å². The van der Waals surface area contributed by atoms with Crippen molar-refractivity contribution in [2.24, 2.45) is 5.92 Å². The number of carbonyl (C=O) groups excluding carboxylic acids is 2. The molecule has 256 valence electrons. The summed E-state index contributed by atoms with van der Waals surface area (Å²) in [5.41, 5.74) is 2.34. The minimum atomic E-state index is -0.821. The average Bonchev–Trinajstić information content (AvgIpc) is 3.02. The molecule has 0 spiro atoms. The van der Waals surface area contributed by atoms with E-state index in [4.69, 9.17) is 18.3 Å². The summed E-state index contributed by atoms with van der Waals surface area (Å²) in [6.07, 6.45) is 0.751. The maximum Gasteiger partial charge on any atom is 0.305 e. The van der Waals surface area contributed by atoms with Gasteiger partial charge in [0.2, 0.25) is 0 Å². The number of aryl methyl sites for hydroxylation is 1. The van der Waals surface area contributed by atoms with Gasteiger partial charge in [-0.1, -0.05) is 54.5 Å². The Morgan fingerprint density at radius 3 is 1.80 bits per heavy atom. The molecule has 0 saturated carbocycles. The van der Waals surface area contributed by atoms with E-state index in [1.165, 1.54) is 6.92 Å². The molecule has 2 rings (SSSR count). The molecule has 9 heteroatoms. The van der Waals surface area contributed by atoms with Gasteiger partial charge in [-0.15, -0.1) is 0 Å². The Labute approximate surface area is 273 Å². The molecular formula is C37H54O9. The number of ether oxygens (including phenoxy) is 2. The summed E-state index contributed by atoms with van der Waals surface area (Å²) in [5, 5.41) is 10.5. The Balaban J connectivity index is 2.68. The number of esters is 2. The second kappa shape index (κ2) is 16.4. The van der Waals surface area contributed by atoms with Crippen molar-refractivity contribution in [3.63, 3.8) is 0 Å². The molecule has 1 N–H and O–H groups in total. The highest BCUT2D eigenvalue weighted by Crippen LogP contribution is 2.35. The Hall–Kier alpha value is -3.46. The minimum absolute atomic E-state index is 0.116. The van der Waals surface area contributed by atoms with Crippen LogP contribution in [0, 0.1) is 33.6 Å². The molecule has 0 aromatic carbocycles. The lowest BCUT2D eigenvalue weighted by molar-refractivity contribution is -0.159. The van der Waals surface area contributed by atoms with Crippen molar-refractivity contribution >= 4 is 11.9 Å². The molecule has 0 aliphatic heterocycles. The van der Waals surface area contributed by atoms with E-state index in [-0.39, 0.29) is 23.2 Å². The number of aliphatic hydroxyl groups excluding tert-OH is 1. The maximum absolute atomic E-state index is 13.2. The first-order valence-corrected chi connectivity index (χ1v) is 16.4. The number of aliphatic hydroxyl groups is 1. The zero-order chi connectivity index (χ0) is 35.2. The lowest BCUT2D eigenvalue weighted by Crippen LogP contribution is -2.40. The largest absolute Gasteiger partial charge is 0.465 e. The molecule has 0 radical (unpaired) electrons. The molecule has 0 aliphatic rings. The van der Waals surface area contributed by atoms with E-state index in [9.17, 15) is 24.3 Å². The van der Waals surface area contributed by atoms with E-state index >= 15 is 0 Å². The second-order valence-corrected chi connectivity index (χ2v) is 12.7. The van der Waals surface area contributed by atoms with Crippen molar-refractivity contribution in [3.8, 4) is 0 Å². The molecule has 2 aromatic heterocycles. The lowest BCUT2D eigenvalue weighted by Gasteiger charge is -2.34. The van der Waals surface area contributed by atoms with Gasteiger partial charge in [0.1, 0.15) is 35.2 Å². The quantitative estimate of drug-likeness (QED) is 0.171. The SMILES string of the molecule is CCC(=O)OC(C(C)c1oc(CC)c(C)c(=O)c1C)C(C)C(OC(C)=O)C(C)=CC(C)c1oc(C(C)C(O)CC)c(C)c(=O)c1C. The van der Waals surface area contributed by atoms with Gasteiger partial charge in [0.25, 0.3) is 0 Å². The molecule has 0 amide bonds. The number of hydrogen-bond acceptors (Lipinski definition) is 9. The zero-order valence-electron chi connectivity index (χ0n) is 30.0. The van der Waals surface area contributed by atoms with Gasteiger partial charge in [0, 0.05) is 59.8 Å². The first-order valence-electron chi connectivity index (χ1n) is 16.4. The van der Waals surface area contributed by atoms with Crippen molar-refractivity contribution in [2.75, 3.05) is 0 Å². The Kier molecular flexibility index (Phi) is 13.8. The normalized spacial score (nSPS) is 16.6. The summed E-state index contributed by atoms with van der Waals surface area (Å²) < 4.78 is 24.4. The van der Waals surface area contributed by atoms with Crippen molar-refractivity contribution in [1.82, 2.24) is 0 Å². The van der Waals surface area contributed by atoms with Gasteiger partial charge in [0.05, 0.1) is 12.0 Å². The molecule has 2 aromatic rings. The number of allylic oxidation sites excluding steroid dienone is 1. The topological polar surface area (TPSA) is 133 Å². The van der Waals surface area contributed by atoms with Crippen LogP contribution in [0.4, 0.5) is 0 Å². The molecule has 0 bridgehead atoms. The van der Waals surface area contributed by atoms with Crippen LogP contribution in [0.15, 0.2) is 30.1 Å². The molecule has 7 unspecified atom stereocenters. The van der Waals surface area contributed by atoms with Gasteiger partial charge in [-0.3, -0.25) is 19.2 Å². The standard InChI is InChI=1S/C37H54O9/c1-14-28(39)20(6)35-24(10)32(42)22(8)33(46-35)18(4)17-19(5)34(43-27(13)38)25(11)37(45-30(40)16-3)26(12)36-23(9)31(41)21(7)29(15-2)44-36/h17-18,20,25-26,28,34,37,39H,14-16H2,1-13H3. The van der Waals surface area contributed by atoms with Crippen LogP contribution >= 0.6 is 0 Å². The molecule has 46 heavy (non-hydrogen) atoms. The number of rotatable bonds is 14. The summed E-state index contributed by atoms with van der Waals surface area (Å²) in [4.78, 5) is 51.5. The summed E-state index contributed by atoms with van der Waals surface area (Å²) in [7, 11) is 0. The van der Waals surface area contributed by atoms with Crippen LogP contribution in [0.5, 0.6) is 0 Å². The van der Waals surface area contributed by atoms with Crippen molar-refractivity contribution in [1.29, 1.82) is 0 Å². The van der Waals surface area contributed by atoms with E-state index in [1.807, 2.05) is 54.5 Å². The lowest BCUT2D eigenvalue weighted by atomic mass is 9.83. The summed E-state index contributed by atoms with van der Waals surface area (Å²) >= 11 is 0. The van der Waals surface area contributed by atoms with E-state index < -0.39 is 48.0 Å². The van der Waals surface area contributed by atoms with Crippen LogP contribution in [0.1, 0.15) is 138 Å². The summed E-state index contributed by atoms with van der Waals surface area (Å²) in [6, 6.07) is 0. The molecule has 2 heterocycles. The molecule has 0 aliphatic carbocycles. The molecule has 7 atom stereocenters. The molecular weight excluding hydrogens is 588 g/mol. The fraction of sp³-hybridized carbons (Fsp3) is 0.622. The first kappa shape index (κ1) is 38.7. The van der Waals surface area contributed by atoms with E-state index in [0.717, 1.165) is 0 Å². The Morgan fingerprint density at radius 1 is 0.783 bits per heavy atom. The zero-order valence-corrected chi connectivity index (χ0v) is 30.0. The van der Waals surface area contributed by atoms with Crippen LogP contribution in [-0.4, -0.2) is 35.4 Å². The Bertz CT molecular complexity index is 1540. The predicted molar refractivity (Wildman–Crippen MR) is 178 cm³/mol. The van der Waals surface area contributed by atoms with Gasteiger partial charge in [-0.25, -0.2) is 0 Å². The first-order chi connectivity index (χ1) is 21.4. The fourth-order valence-corrected chi connectivity index (χ4v) is 6.33. The van der Waals surface area contributed by atoms with Gasteiger partial charge in [0.15, 0.2) is 10.9 Å². The fourth-order valence-electron chi connectivity index (χ4n) is 6.33. The summed E-state index contributed by atoms with van der Waals surface area (Å²) in [5.74, 6) is -0.922. The van der Waals surface area contributed by atoms with E-state index in [1.54, 1.807) is 34.6 Å². The highest BCUT2D eigenvalue weighted by Gasteiger charge is 2.38. The average molecular weight is 643 g/mol. The van der Waals surface area contributed by atoms with Crippen molar-refractivity contribution < 1.29 is 33.0 Å². The second-order valence-electron chi connectivity index (χ2n) is 12.7. The third-order valence-electron chi connectivity index (χ3n) is 9.20. The third-order valence-corrected chi connectivity index (χ3v) is 9.20. The van der Waals surface area contributed by atoms with Crippen molar-refractivity contribution in [2.45, 2.75) is 145 Å². The summed E-state index contributed by atoms with van der Waals surface area (Å²) in [6.45, 7) is 22.9. The van der Waals surface area contributed by atoms with Gasteiger partial charge in [-0.05, 0) is 46.6 Å². The monoisotopic (exact) mass is 642 g/mol. The van der Waals surface area contributed by atoms with Crippen molar-refractivity contribution in [3.05, 3.63) is 77.4 Å². The van der Waals surface area contributed by atoms with Crippen LogP contribution in [-0.2, 0) is 25.5 Å². The predicted octanol–water partition coefficient (Wildman–Crippen LogP) is 7.01. The number of hydrogen-bond donors (Lipinski definition) is 1. The highest BCUT2D eigenvalue weighted by atomic mass is 16.6. The molecule has 9 nitrogen and oxygen atoms in total.